The minimum absolute atomic E-state index is 0.00889. The molecule has 4 aliphatic rings. The average molecular weight is 970 g/mol. The summed E-state index contributed by atoms with van der Waals surface area (Å²) in [5, 5.41) is 2.57. The Hall–Kier alpha value is -7.49. The standard InChI is InChI=1S/C70H65B2N3/c1-67(2,3)42-27-33-46(34-28-42)73(47-35-29-43(30-36-47)68(4,5)6)61-41-56-65-64(66(61)74-57-37-31-44(69(7,8)9)39-52(57)53-40-45(70(10,11)12)32-38-58(53)74)72-55-24-16-14-20-49(55)51-22-18-26-60(63(51)72)75(65)59-25-17-21-50-48-19-13-15-23-54(48)71(56)62(50)59/h13-41H,1-12H3. The average Bonchev–Trinajstić information content (AvgIpc) is 4.04. The maximum absolute atomic E-state index is 2.70. The number of fused-ring (bicyclic) bond motifs is 13. The van der Waals surface area contributed by atoms with Crippen molar-refractivity contribution < 1.29 is 0 Å². The van der Waals surface area contributed by atoms with Crippen LogP contribution in [0.4, 0.5) is 34.1 Å². The highest BCUT2D eigenvalue weighted by Crippen LogP contribution is 2.50. The molecule has 0 N–H and O–H groups in total. The van der Waals surface area contributed by atoms with Crippen molar-refractivity contribution in [3.63, 3.8) is 0 Å². The first-order valence-corrected chi connectivity index (χ1v) is 27.3. The van der Waals surface area contributed by atoms with Gasteiger partial charge in [0.2, 0.25) is 6.71 Å². The fraction of sp³-hybridized carbons (Fsp3) is 0.229. The molecule has 1 aromatic heterocycles. The lowest BCUT2D eigenvalue weighted by Crippen LogP contribution is -2.63. The van der Waals surface area contributed by atoms with Gasteiger partial charge in [0.1, 0.15) is 0 Å². The number of anilines is 6. The lowest BCUT2D eigenvalue weighted by Gasteiger charge is -2.45. The van der Waals surface area contributed by atoms with Gasteiger partial charge in [-0.15, -0.1) is 0 Å². The van der Waals surface area contributed by atoms with Crippen LogP contribution in [-0.4, -0.2) is 18.0 Å². The maximum atomic E-state index is 2.70. The summed E-state index contributed by atoms with van der Waals surface area (Å²) < 4.78 is 2.70. The van der Waals surface area contributed by atoms with E-state index in [0.717, 1.165) is 11.4 Å². The van der Waals surface area contributed by atoms with Gasteiger partial charge in [0.15, 0.2) is 0 Å². The summed E-state index contributed by atoms with van der Waals surface area (Å²) >= 11 is 0. The summed E-state index contributed by atoms with van der Waals surface area (Å²) in [6.45, 7) is 28.0. The molecule has 0 radical (unpaired) electrons. The quantitative estimate of drug-likeness (QED) is 0.163. The molecule has 0 fully saturated rings. The third-order valence-electron chi connectivity index (χ3n) is 17.4. The molecular formula is C70H65B2N3. The van der Waals surface area contributed by atoms with Gasteiger partial charge in [-0.2, -0.15) is 0 Å². The maximum Gasteiger partial charge on any atom is 0.251 e. The molecule has 10 aromatic rings. The van der Waals surface area contributed by atoms with Crippen LogP contribution >= 0.6 is 0 Å². The van der Waals surface area contributed by atoms with E-state index in [2.05, 4.69) is 273 Å². The fourth-order valence-corrected chi connectivity index (χ4v) is 13.5. The smallest absolute Gasteiger partial charge is 0.251 e. The summed E-state index contributed by atoms with van der Waals surface area (Å²) in [5.41, 5.74) is 29.7. The first-order chi connectivity index (χ1) is 35.8. The van der Waals surface area contributed by atoms with Crippen LogP contribution in [0.15, 0.2) is 176 Å². The molecule has 0 aliphatic carbocycles. The zero-order valence-corrected chi connectivity index (χ0v) is 45.7. The topological polar surface area (TPSA) is 11.4 Å². The predicted octanol–water partition coefficient (Wildman–Crippen LogP) is 14.5. The van der Waals surface area contributed by atoms with Gasteiger partial charge in [0, 0.05) is 39.2 Å². The minimum Gasteiger partial charge on any atom is -0.312 e. The molecule has 0 atom stereocenters. The van der Waals surface area contributed by atoms with E-state index in [1.165, 1.54) is 128 Å². The number of hydrogen-bond donors (Lipinski definition) is 0. The van der Waals surface area contributed by atoms with Gasteiger partial charge in [0.05, 0.1) is 22.4 Å². The Morgan fingerprint density at radius 1 is 0.347 bits per heavy atom. The van der Waals surface area contributed by atoms with Gasteiger partial charge >= 0.3 is 0 Å². The Labute approximate surface area is 445 Å². The lowest BCUT2D eigenvalue weighted by molar-refractivity contribution is 0.590. The van der Waals surface area contributed by atoms with Crippen LogP contribution in [-0.2, 0) is 21.7 Å². The summed E-state index contributed by atoms with van der Waals surface area (Å²) in [4.78, 5) is 5.31. The van der Waals surface area contributed by atoms with E-state index in [-0.39, 0.29) is 35.1 Å². The number of benzene rings is 9. The lowest BCUT2D eigenvalue weighted by atomic mass is 9.32. The molecule has 366 valence electrons. The summed E-state index contributed by atoms with van der Waals surface area (Å²) in [6.07, 6.45) is 0. The van der Waals surface area contributed by atoms with Gasteiger partial charge in [-0.3, -0.25) is 0 Å². The highest BCUT2D eigenvalue weighted by molar-refractivity contribution is 7.06. The van der Waals surface area contributed by atoms with Crippen LogP contribution in [0.2, 0.25) is 0 Å². The van der Waals surface area contributed by atoms with E-state index in [0.29, 0.717) is 0 Å². The molecule has 3 nitrogen and oxygen atoms in total. The van der Waals surface area contributed by atoms with E-state index >= 15 is 0 Å². The number of aromatic nitrogens is 1. The molecular weight excluding hydrogens is 904 g/mol. The van der Waals surface area contributed by atoms with Crippen LogP contribution in [0.5, 0.6) is 0 Å². The molecule has 5 heteroatoms. The Morgan fingerprint density at radius 2 is 0.760 bits per heavy atom. The second-order valence-electron chi connectivity index (χ2n) is 26.2. The van der Waals surface area contributed by atoms with Crippen molar-refractivity contribution in [1.29, 1.82) is 0 Å². The molecule has 9 aromatic carbocycles. The van der Waals surface area contributed by atoms with Crippen molar-refractivity contribution >= 4 is 102 Å². The normalized spacial score (nSPS) is 14.1. The molecule has 0 unspecified atom stereocenters. The fourth-order valence-electron chi connectivity index (χ4n) is 13.5. The summed E-state index contributed by atoms with van der Waals surface area (Å²) in [7, 11) is 0. The largest absolute Gasteiger partial charge is 0.312 e. The minimum atomic E-state index is -0.0442. The van der Waals surface area contributed by atoms with E-state index in [9.17, 15) is 0 Å². The second-order valence-corrected chi connectivity index (χ2v) is 26.2. The van der Waals surface area contributed by atoms with Crippen LogP contribution in [0.3, 0.4) is 0 Å². The van der Waals surface area contributed by atoms with Crippen molar-refractivity contribution in [2.45, 2.75) is 105 Å². The third-order valence-corrected chi connectivity index (χ3v) is 17.4. The molecule has 0 saturated carbocycles. The zero-order chi connectivity index (χ0) is 51.8. The van der Waals surface area contributed by atoms with Crippen LogP contribution in [0, 0.1) is 0 Å². The zero-order valence-electron chi connectivity index (χ0n) is 45.7. The first kappa shape index (κ1) is 46.1. The van der Waals surface area contributed by atoms with Crippen molar-refractivity contribution in [2.75, 3.05) is 9.80 Å². The van der Waals surface area contributed by atoms with Crippen LogP contribution in [0.1, 0.15) is 105 Å². The van der Waals surface area contributed by atoms with Gasteiger partial charge < -0.3 is 14.4 Å². The Bertz CT molecular complexity index is 3910. The summed E-state index contributed by atoms with van der Waals surface area (Å²) in [5.74, 6) is 0. The number of nitrogens with zero attached hydrogens (tertiary/aromatic N) is 3. The van der Waals surface area contributed by atoms with Crippen molar-refractivity contribution in [3.05, 3.63) is 198 Å². The van der Waals surface area contributed by atoms with Gasteiger partial charge in [0.25, 0.3) is 6.71 Å². The van der Waals surface area contributed by atoms with Crippen molar-refractivity contribution in [3.8, 4) is 27.9 Å². The van der Waals surface area contributed by atoms with Crippen LogP contribution < -0.4 is 42.6 Å². The Kier molecular flexibility index (Phi) is 9.55. The Morgan fingerprint density at radius 3 is 1.23 bits per heavy atom. The second kappa shape index (κ2) is 15.5. The van der Waals surface area contributed by atoms with E-state index in [1.807, 2.05) is 0 Å². The summed E-state index contributed by atoms with van der Waals surface area (Å²) in [6, 6.07) is 69.0. The molecule has 0 saturated heterocycles. The third kappa shape index (κ3) is 6.62. The molecule has 5 heterocycles. The Balaban J connectivity index is 1.21. The van der Waals surface area contributed by atoms with Crippen LogP contribution in [0.25, 0.3) is 49.7 Å². The molecule has 0 amide bonds. The van der Waals surface area contributed by atoms with E-state index < -0.39 is 0 Å². The molecule has 4 aliphatic heterocycles. The molecule has 0 bridgehead atoms. The van der Waals surface area contributed by atoms with Crippen molar-refractivity contribution in [1.82, 2.24) is 4.57 Å². The molecule has 75 heavy (non-hydrogen) atoms. The van der Waals surface area contributed by atoms with Gasteiger partial charge in [-0.05, 0) is 155 Å². The van der Waals surface area contributed by atoms with E-state index in [1.54, 1.807) is 0 Å². The highest BCUT2D eigenvalue weighted by Gasteiger charge is 2.52. The first-order valence-electron chi connectivity index (χ1n) is 27.3. The van der Waals surface area contributed by atoms with Gasteiger partial charge in [-0.1, -0.05) is 203 Å². The monoisotopic (exact) mass is 970 g/mol. The SMILES string of the molecule is CC(C)(C)c1ccc(N(c2ccc(C(C)(C)C)cc2)c2cc3c4c(c2-n2c5ccc(C(C)(C)C)cc5c5cc(C(C)(C)C)ccc52)B2c5ccccc5-c5cccc(c52)N4c2cccc4c2B3c2ccccc2-4)cc1. The number of hydrogen-bond acceptors (Lipinski definition) is 2. The van der Waals surface area contributed by atoms with Crippen molar-refractivity contribution in [2.24, 2.45) is 0 Å². The predicted molar refractivity (Wildman–Crippen MR) is 325 cm³/mol. The molecule has 0 spiro atoms. The van der Waals surface area contributed by atoms with Gasteiger partial charge in [-0.25, -0.2) is 0 Å². The molecule has 14 rings (SSSR count). The highest BCUT2D eigenvalue weighted by atomic mass is 15.2. The van der Waals surface area contributed by atoms with E-state index in [4.69, 9.17) is 0 Å². The number of rotatable bonds is 4.